The number of rotatable bonds is 8. The molecule has 2 heterocycles. The summed E-state index contributed by atoms with van der Waals surface area (Å²) in [7, 11) is 0. The Morgan fingerprint density at radius 3 is 2.38 bits per heavy atom. The fourth-order valence-electron chi connectivity index (χ4n) is 3.11. The summed E-state index contributed by atoms with van der Waals surface area (Å²) in [5, 5.41) is 9.49. The van der Waals surface area contributed by atoms with Crippen molar-refractivity contribution in [2.45, 2.75) is 33.0 Å². The Kier molecular flexibility index (Phi) is 5.67. The third kappa shape index (κ3) is 4.70. The van der Waals surface area contributed by atoms with Crippen LogP contribution in [0, 0.1) is 0 Å². The van der Waals surface area contributed by atoms with Gasteiger partial charge in [0.25, 0.3) is 11.3 Å². The molecule has 29 heavy (non-hydrogen) atoms. The minimum Gasteiger partial charge on any atom is -0.351 e. The lowest BCUT2D eigenvalue weighted by atomic mass is 10.1. The standard InChI is InChI=1S/C22H24N6O/c1-2-16-8-10-18(11-9-16)14-24-21-26-22-25-19(12-20(29)28(22)27-21)15-23-13-17-6-4-3-5-7-17/h3-12,23H,2,13-15H2,1H3,(H2,24,25,26,27). The fourth-order valence-corrected chi connectivity index (χ4v) is 3.11. The van der Waals surface area contributed by atoms with Gasteiger partial charge < -0.3 is 10.6 Å². The first-order valence-electron chi connectivity index (χ1n) is 9.76. The maximum atomic E-state index is 12.4. The zero-order chi connectivity index (χ0) is 20.1. The highest BCUT2D eigenvalue weighted by molar-refractivity contribution is 5.38. The third-order valence-electron chi connectivity index (χ3n) is 4.75. The number of nitrogens with zero attached hydrogens (tertiary/aromatic N) is 3. The molecule has 0 aliphatic rings. The summed E-state index contributed by atoms with van der Waals surface area (Å²) < 4.78 is 1.35. The molecule has 0 spiro atoms. The molecule has 0 aliphatic carbocycles. The Hall–Kier alpha value is -3.45. The summed E-state index contributed by atoms with van der Waals surface area (Å²) in [5.41, 5.74) is 4.12. The molecule has 0 atom stereocenters. The summed E-state index contributed by atoms with van der Waals surface area (Å²) in [6.45, 7) is 3.97. The lowest BCUT2D eigenvalue weighted by Crippen LogP contribution is -2.20. The van der Waals surface area contributed by atoms with E-state index in [1.807, 2.05) is 18.2 Å². The number of aromatic amines is 1. The average molecular weight is 388 g/mol. The van der Waals surface area contributed by atoms with Gasteiger partial charge in [-0.05, 0) is 23.1 Å². The van der Waals surface area contributed by atoms with Gasteiger partial charge in [0, 0.05) is 25.7 Å². The van der Waals surface area contributed by atoms with E-state index in [9.17, 15) is 4.79 Å². The Morgan fingerprint density at radius 2 is 1.62 bits per heavy atom. The first kappa shape index (κ1) is 18.9. The predicted octanol–water partition coefficient (Wildman–Crippen LogP) is 2.88. The van der Waals surface area contributed by atoms with Crippen LogP contribution in [-0.4, -0.2) is 19.6 Å². The monoisotopic (exact) mass is 388 g/mol. The number of hydrogen-bond donors (Lipinski definition) is 3. The Labute approximate surface area is 168 Å². The maximum absolute atomic E-state index is 12.4. The SMILES string of the molecule is CCc1ccc(CNc2nc3nc(CNCc4ccccc4)cc(=O)n3[nH]2)cc1. The number of benzene rings is 2. The second-order valence-corrected chi connectivity index (χ2v) is 6.91. The number of fused-ring (bicyclic) bond motifs is 1. The topological polar surface area (TPSA) is 87.1 Å². The predicted molar refractivity (Wildman–Crippen MR) is 114 cm³/mol. The van der Waals surface area contributed by atoms with Gasteiger partial charge in [-0.3, -0.25) is 9.89 Å². The molecule has 7 heteroatoms. The van der Waals surface area contributed by atoms with Crippen LogP contribution in [0.2, 0.25) is 0 Å². The average Bonchev–Trinajstić information content (AvgIpc) is 3.17. The molecule has 2 aromatic carbocycles. The van der Waals surface area contributed by atoms with Crippen molar-refractivity contribution in [1.29, 1.82) is 0 Å². The molecule has 0 bridgehead atoms. The van der Waals surface area contributed by atoms with Crippen molar-refractivity contribution < 1.29 is 0 Å². The molecule has 148 valence electrons. The molecular formula is C22H24N6O. The highest BCUT2D eigenvalue weighted by Crippen LogP contribution is 2.08. The number of nitrogens with one attached hydrogen (secondary N) is 3. The molecular weight excluding hydrogens is 364 g/mol. The third-order valence-corrected chi connectivity index (χ3v) is 4.75. The summed E-state index contributed by atoms with van der Waals surface area (Å²) in [6, 6.07) is 20.1. The van der Waals surface area contributed by atoms with Crippen molar-refractivity contribution in [3.8, 4) is 0 Å². The van der Waals surface area contributed by atoms with E-state index in [4.69, 9.17) is 0 Å². The molecule has 2 aromatic heterocycles. The van der Waals surface area contributed by atoms with E-state index >= 15 is 0 Å². The van der Waals surface area contributed by atoms with Crippen LogP contribution in [0.15, 0.2) is 65.5 Å². The summed E-state index contributed by atoms with van der Waals surface area (Å²) in [5.74, 6) is 0.876. The summed E-state index contributed by atoms with van der Waals surface area (Å²) >= 11 is 0. The molecule has 0 amide bonds. The van der Waals surface area contributed by atoms with Gasteiger partial charge in [0.05, 0.1) is 5.69 Å². The molecule has 4 aromatic rings. The van der Waals surface area contributed by atoms with Gasteiger partial charge in [-0.1, -0.05) is 61.5 Å². The van der Waals surface area contributed by atoms with Crippen LogP contribution in [0.4, 0.5) is 5.95 Å². The van der Waals surface area contributed by atoms with Gasteiger partial charge in [-0.25, -0.2) is 4.98 Å². The Balaban J connectivity index is 1.41. The zero-order valence-electron chi connectivity index (χ0n) is 16.4. The molecule has 0 saturated carbocycles. The van der Waals surface area contributed by atoms with Crippen LogP contribution >= 0.6 is 0 Å². The van der Waals surface area contributed by atoms with Crippen molar-refractivity contribution in [2.24, 2.45) is 0 Å². The maximum Gasteiger partial charge on any atom is 0.274 e. The molecule has 0 saturated heterocycles. The second kappa shape index (κ2) is 8.70. The van der Waals surface area contributed by atoms with Crippen LogP contribution in [0.25, 0.3) is 5.78 Å². The van der Waals surface area contributed by atoms with E-state index in [0.29, 0.717) is 37.1 Å². The normalized spacial score (nSPS) is 11.1. The number of H-pyrrole nitrogens is 1. The summed E-state index contributed by atoms with van der Waals surface area (Å²) in [4.78, 5) is 21.3. The molecule has 3 N–H and O–H groups in total. The zero-order valence-corrected chi connectivity index (χ0v) is 16.4. The van der Waals surface area contributed by atoms with E-state index in [1.54, 1.807) is 0 Å². The van der Waals surface area contributed by atoms with E-state index < -0.39 is 0 Å². The van der Waals surface area contributed by atoms with E-state index in [2.05, 4.69) is 69.0 Å². The van der Waals surface area contributed by atoms with Gasteiger partial charge >= 0.3 is 0 Å². The lowest BCUT2D eigenvalue weighted by molar-refractivity contribution is 0.676. The van der Waals surface area contributed by atoms with E-state index in [0.717, 1.165) is 12.0 Å². The first-order valence-corrected chi connectivity index (χ1v) is 9.76. The second-order valence-electron chi connectivity index (χ2n) is 6.91. The van der Waals surface area contributed by atoms with E-state index in [1.165, 1.54) is 21.7 Å². The van der Waals surface area contributed by atoms with Gasteiger partial charge in [0.2, 0.25) is 5.95 Å². The number of aryl methyl sites for hydroxylation is 1. The van der Waals surface area contributed by atoms with E-state index in [-0.39, 0.29) is 5.56 Å². The first-order chi connectivity index (χ1) is 14.2. The van der Waals surface area contributed by atoms with Gasteiger partial charge in [0.1, 0.15) is 0 Å². The smallest absolute Gasteiger partial charge is 0.274 e. The quantitative estimate of drug-likeness (QED) is 0.432. The van der Waals surface area contributed by atoms with Crippen molar-refractivity contribution in [3.63, 3.8) is 0 Å². The number of aromatic nitrogens is 4. The Bertz CT molecular complexity index is 1130. The molecule has 0 fully saturated rings. The van der Waals surface area contributed by atoms with Gasteiger partial charge in [0.15, 0.2) is 0 Å². The fraction of sp³-hybridized carbons (Fsp3) is 0.227. The van der Waals surface area contributed by atoms with Crippen LogP contribution in [0.1, 0.15) is 29.3 Å². The number of hydrogen-bond acceptors (Lipinski definition) is 5. The van der Waals surface area contributed by atoms with Gasteiger partial charge in [-0.15, -0.1) is 0 Å². The van der Waals surface area contributed by atoms with Crippen molar-refractivity contribution in [2.75, 3.05) is 5.32 Å². The molecule has 0 radical (unpaired) electrons. The number of anilines is 1. The van der Waals surface area contributed by atoms with Crippen molar-refractivity contribution in [3.05, 3.63) is 93.4 Å². The molecule has 7 nitrogen and oxygen atoms in total. The minimum atomic E-state index is -0.181. The minimum absolute atomic E-state index is 0.181. The van der Waals surface area contributed by atoms with Gasteiger partial charge in [-0.2, -0.15) is 9.50 Å². The van der Waals surface area contributed by atoms with Crippen molar-refractivity contribution >= 4 is 11.7 Å². The summed E-state index contributed by atoms with van der Waals surface area (Å²) in [6.07, 6.45) is 1.02. The Morgan fingerprint density at radius 1 is 0.897 bits per heavy atom. The largest absolute Gasteiger partial charge is 0.351 e. The lowest BCUT2D eigenvalue weighted by Gasteiger charge is -2.04. The van der Waals surface area contributed by atoms with Crippen LogP contribution in [0.5, 0.6) is 0 Å². The van der Waals surface area contributed by atoms with Crippen LogP contribution in [-0.2, 0) is 26.1 Å². The molecule has 0 aliphatic heterocycles. The highest BCUT2D eigenvalue weighted by atomic mass is 16.1. The molecule has 0 unspecified atom stereocenters. The van der Waals surface area contributed by atoms with Crippen LogP contribution in [0.3, 0.4) is 0 Å². The molecule has 4 rings (SSSR count). The van der Waals surface area contributed by atoms with Crippen molar-refractivity contribution in [1.82, 2.24) is 24.9 Å². The highest BCUT2D eigenvalue weighted by Gasteiger charge is 2.08. The van der Waals surface area contributed by atoms with Crippen LogP contribution < -0.4 is 16.2 Å².